The van der Waals surface area contributed by atoms with Crippen LogP contribution in [0.4, 0.5) is 0 Å². The molecule has 1 aliphatic carbocycles. The molecule has 19 heavy (non-hydrogen) atoms. The first-order chi connectivity index (χ1) is 9.27. The molecule has 0 spiro atoms. The second-order valence-corrected chi connectivity index (χ2v) is 4.77. The van der Waals surface area contributed by atoms with Crippen LogP contribution in [0, 0.1) is 6.92 Å². The number of aryl methyl sites for hydroxylation is 1. The summed E-state index contributed by atoms with van der Waals surface area (Å²) >= 11 is 0. The van der Waals surface area contributed by atoms with Crippen LogP contribution in [0.5, 0.6) is 0 Å². The van der Waals surface area contributed by atoms with Gasteiger partial charge < -0.3 is 0 Å². The second kappa shape index (κ2) is 3.48. The Hall–Kier alpha value is -2.55. The summed E-state index contributed by atoms with van der Waals surface area (Å²) in [7, 11) is 0. The van der Waals surface area contributed by atoms with Gasteiger partial charge in [0.25, 0.3) is 0 Å². The predicted molar refractivity (Wildman–Crippen MR) is 73.1 cm³/mol. The maximum atomic E-state index is 12.4. The van der Waals surface area contributed by atoms with Gasteiger partial charge in [-0.05, 0) is 30.2 Å². The molecule has 3 heteroatoms. The van der Waals surface area contributed by atoms with Crippen LogP contribution in [0.3, 0.4) is 0 Å². The Labute approximate surface area is 109 Å². The molecular formula is C16H10N2O. The van der Waals surface area contributed by atoms with Crippen molar-refractivity contribution in [3.05, 3.63) is 59.5 Å². The highest BCUT2D eigenvalue weighted by Gasteiger charge is 2.29. The fraction of sp³-hybridized carbons (Fsp3) is 0.0625. The van der Waals surface area contributed by atoms with E-state index in [0.29, 0.717) is 11.1 Å². The highest BCUT2D eigenvalue weighted by atomic mass is 16.1. The maximum Gasteiger partial charge on any atom is 0.197 e. The van der Waals surface area contributed by atoms with Gasteiger partial charge in [-0.1, -0.05) is 12.1 Å². The number of aromatic nitrogens is 2. The molecule has 3 aromatic rings. The number of fused-ring (bicyclic) bond motifs is 5. The van der Waals surface area contributed by atoms with E-state index < -0.39 is 0 Å². The van der Waals surface area contributed by atoms with Gasteiger partial charge in [-0.3, -0.25) is 14.8 Å². The number of rotatable bonds is 0. The Morgan fingerprint density at radius 2 is 1.89 bits per heavy atom. The largest absolute Gasteiger partial charge is 0.288 e. The van der Waals surface area contributed by atoms with Gasteiger partial charge in [-0.2, -0.15) is 0 Å². The number of hydrogen-bond acceptors (Lipinski definition) is 3. The maximum absolute atomic E-state index is 12.4. The Morgan fingerprint density at radius 1 is 1.00 bits per heavy atom. The zero-order valence-corrected chi connectivity index (χ0v) is 10.3. The van der Waals surface area contributed by atoms with Gasteiger partial charge in [-0.15, -0.1) is 0 Å². The van der Waals surface area contributed by atoms with Crippen molar-refractivity contribution >= 4 is 16.7 Å². The molecule has 1 aliphatic rings. The second-order valence-electron chi connectivity index (χ2n) is 4.77. The molecule has 0 radical (unpaired) electrons. The molecule has 0 atom stereocenters. The Kier molecular flexibility index (Phi) is 1.90. The molecule has 0 fully saturated rings. The van der Waals surface area contributed by atoms with Crippen molar-refractivity contribution < 1.29 is 4.79 Å². The minimum Gasteiger partial charge on any atom is -0.288 e. The Morgan fingerprint density at radius 3 is 2.79 bits per heavy atom. The number of carbonyl (C=O) groups is 1. The van der Waals surface area contributed by atoms with Gasteiger partial charge in [-0.25, -0.2) is 0 Å². The first-order valence-electron chi connectivity index (χ1n) is 6.15. The van der Waals surface area contributed by atoms with Crippen LogP contribution in [-0.2, 0) is 0 Å². The smallest absolute Gasteiger partial charge is 0.197 e. The topological polar surface area (TPSA) is 42.9 Å². The normalized spacial score (nSPS) is 12.6. The van der Waals surface area contributed by atoms with E-state index >= 15 is 0 Å². The van der Waals surface area contributed by atoms with E-state index in [1.165, 1.54) is 0 Å². The number of carbonyl (C=O) groups excluding carboxylic acids is 1. The number of hydrogen-bond donors (Lipinski definition) is 0. The molecule has 0 unspecified atom stereocenters. The van der Waals surface area contributed by atoms with Crippen LogP contribution in [-0.4, -0.2) is 15.8 Å². The third-order valence-electron chi connectivity index (χ3n) is 3.68. The number of ketones is 1. The molecule has 0 amide bonds. The molecule has 4 rings (SSSR count). The fourth-order valence-corrected chi connectivity index (χ4v) is 2.81. The van der Waals surface area contributed by atoms with Gasteiger partial charge in [0, 0.05) is 40.7 Å². The summed E-state index contributed by atoms with van der Waals surface area (Å²) in [6, 6.07) is 7.92. The van der Waals surface area contributed by atoms with Crippen LogP contribution in [0.2, 0.25) is 0 Å². The van der Waals surface area contributed by atoms with Crippen LogP contribution < -0.4 is 0 Å². The molecule has 0 aliphatic heterocycles. The lowest BCUT2D eigenvalue weighted by Gasteiger charge is -2.07. The van der Waals surface area contributed by atoms with E-state index in [4.69, 9.17) is 0 Å². The molecule has 0 saturated heterocycles. The zero-order valence-electron chi connectivity index (χ0n) is 10.3. The van der Waals surface area contributed by atoms with Crippen molar-refractivity contribution in [3.8, 4) is 11.1 Å². The van der Waals surface area contributed by atoms with Crippen molar-refractivity contribution in [2.75, 3.05) is 0 Å². The highest BCUT2D eigenvalue weighted by Crippen LogP contribution is 2.40. The van der Waals surface area contributed by atoms with Crippen molar-refractivity contribution in [1.82, 2.24) is 9.97 Å². The highest BCUT2D eigenvalue weighted by molar-refractivity contribution is 6.25. The average molecular weight is 246 g/mol. The first-order valence-corrected chi connectivity index (χ1v) is 6.15. The number of pyridine rings is 2. The van der Waals surface area contributed by atoms with Crippen molar-refractivity contribution in [2.24, 2.45) is 0 Å². The summed E-state index contributed by atoms with van der Waals surface area (Å²) in [5.74, 6) is 0.0238. The summed E-state index contributed by atoms with van der Waals surface area (Å²) in [5, 5.41) is 1.07. The lowest BCUT2D eigenvalue weighted by atomic mass is 9.99. The fourth-order valence-electron chi connectivity index (χ4n) is 2.81. The summed E-state index contributed by atoms with van der Waals surface area (Å²) in [6.07, 6.45) is 5.05. The molecule has 90 valence electrons. The summed E-state index contributed by atoms with van der Waals surface area (Å²) in [5.41, 5.74) is 5.40. The third-order valence-corrected chi connectivity index (χ3v) is 3.68. The Balaban J connectivity index is 2.25. The van der Waals surface area contributed by atoms with E-state index in [1.807, 2.05) is 31.2 Å². The van der Waals surface area contributed by atoms with Crippen molar-refractivity contribution in [1.29, 1.82) is 0 Å². The van der Waals surface area contributed by atoms with E-state index in [-0.39, 0.29) is 5.78 Å². The molecule has 0 saturated carbocycles. The van der Waals surface area contributed by atoms with Crippen LogP contribution >= 0.6 is 0 Å². The molecule has 1 aromatic carbocycles. The van der Waals surface area contributed by atoms with Crippen LogP contribution in [0.1, 0.15) is 21.5 Å². The molecule has 2 aromatic heterocycles. The molecule has 3 nitrogen and oxygen atoms in total. The summed E-state index contributed by atoms with van der Waals surface area (Å²) in [6.45, 7) is 2.05. The van der Waals surface area contributed by atoms with Crippen LogP contribution in [0.15, 0.2) is 42.9 Å². The lowest BCUT2D eigenvalue weighted by Crippen LogP contribution is -1.96. The lowest BCUT2D eigenvalue weighted by molar-refractivity contribution is 0.104. The van der Waals surface area contributed by atoms with Gasteiger partial charge >= 0.3 is 0 Å². The Bertz CT molecular complexity index is 852. The zero-order chi connectivity index (χ0) is 13.0. The first kappa shape index (κ1) is 10.4. The molecule has 0 bridgehead atoms. The minimum atomic E-state index is 0.0238. The van der Waals surface area contributed by atoms with E-state index in [1.54, 1.807) is 18.6 Å². The minimum absolute atomic E-state index is 0.0238. The standard InChI is InChI=1S/C16H10N2O/c1-9-3-2-4-13-14(9)15-10-5-6-17-7-11(10)16(19)12(15)8-18-13/h2-8H,1H3. The SMILES string of the molecule is Cc1cccc2ncc3c(c12)-c1ccncc1C3=O. The van der Waals surface area contributed by atoms with Crippen molar-refractivity contribution in [2.45, 2.75) is 6.92 Å². The van der Waals surface area contributed by atoms with Gasteiger partial charge in [0.1, 0.15) is 0 Å². The summed E-state index contributed by atoms with van der Waals surface area (Å²) in [4.78, 5) is 20.8. The van der Waals surface area contributed by atoms with E-state index in [2.05, 4.69) is 9.97 Å². The summed E-state index contributed by atoms with van der Waals surface area (Å²) < 4.78 is 0. The average Bonchev–Trinajstić information content (AvgIpc) is 2.73. The van der Waals surface area contributed by atoms with Crippen LogP contribution in [0.25, 0.3) is 22.0 Å². The predicted octanol–water partition coefficient (Wildman–Crippen LogP) is 3.15. The molecule has 2 heterocycles. The molecule has 0 N–H and O–H groups in total. The van der Waals surface area contributed by atoms with Crippen molar-refractivity contribution in [3.63, 3.8) is 0 Å². The van der Waals surface area contributed by atoms with E-state index in [0.717, 1.165) is 27.6 Å². The number of nitrogens with zero attached hydrogens (tertiary/aromatic N) is 2. The third kappa shape index (κ3) is 1.24. The van der Waals surface area contributed by atoms with E-state index in [9.17, 15) is 4.79 Å². The van der Waals surface area contributed by atoms with Gasteiger partial charge in [0.2, 0.25) is 0 Å². The number of benzene rings is 1. The van der Waals surface area contributed by atoms with Gasteiger partial charge in [0.15, 0.2) is 5.78 Å². The molecular weight excluding hydrogens is 236 g/mol. The van der Waals surface area contributed by atoms with Gasteiger partial charge in [0.05, 0.1) is 5.52 Å². The quantitative estimate of drug-likeness (QED) is 0.478. The monoisotopic (exact) mass is 246 g/mol.